The number of amides is 1. The van der Waals surface area contributed by atoms with Crippen LogP contribution in [0.15, 0.2) is 53.5 Å². The van der Waals surface area contributed by atoms with Gasteiger partial charge in [-0.1, -0.05) is 23.9 Å². The molecule has 1 aromatic carbocycles. The topological polar surface area (TPSA) is 78.3 Å². The predicted octanol–water partition coefficient (Wildman–Crippen LogP) is 3.94. The maximum Gasteiger partial charge on any atom is 0.234 e. The zero-order valence-corrected chi connectivity index (χ0v) is 17.2. The predicted molar refractivity (Wildman–Crippen MR) is 112 cm³/mol. The number of rotatable bonds is 9. The molecule has 3 aromatic rings. The standard InChI is InChI=1S/C19H20N4O3S2/c1-4-9-23-18(16-6-5-10-27-16)21-22-19(23)28-12-17(24)20-14-8-7-13(25-2)11-15(14)26-3/h4-8,10-11H,1,9,12H2,2-3H3,(H,20,24). The molecule has 1 amide bonds. The van der Waals surface area contributed by atoms with Crippen molar-refractivity contribution in [3.8, 4) is 22.2 Å². The van der Waals surface area contributed by atoms with E-state index in [0.29, 0.717) is 28.9 Å². The molecule has 0 aliphatic rings. The highest BCUT2D eigenvalue weighted by Crippen LogP contribution is 2.30. The van der Waals surface area contributed by atoms with Crippen molar-refractivity contribution in [1.29, 1.82) is 0 Å². The van der Waals surface area contributed by atoms with E-state index in [1.54, 1.807) is 49.8 Å². The number of methoxy groups -OCH3 is 2. The summed E-state index contributed by atoms with van der Waals surface area (Å²) in [5, 5.41) is 14.0. The molecular weight excluding hydrogens is 396 g/mol. The molecule has 0 saturated carbocycles. The molecule has 0 spiro atoms. The summed E-state index contributed by atoms with van der Waals surface area (Å²) in [4.78, 5) is 13.4. The lowest BCUT2D eigenvalue weighted by molar-refractivity contribution is -0.113. The Bertz CT molecular complexity index is 954. The Balaban J connectivity index is 1.69. The van der Waals surface area contributed by atoms with Gasteiger partial charge >= 0.3 is 0 Å². The van der Waals surface area contributed by atoms with Gasteiger partial charge in [-0.25, -0.2) is 0 Å². The average molecular weight is 417 g/mol. The van der Waals surface area contributed by atoms with Crippen LogP contribution in [0.3, 0.4) is 0 Å². The number of thioether (sulfide) groups is 1. The largest absolute Gasteiger partial charge is 0.497 e. The van der Waals surface area contributed by atoms with Crippen LogP contribution in [0.4, 0.5) is 5.69 Å². The van der Waals surface area contributed by atoms with Crippen molar-refractivity contribution in [2.75, 3.05) is 25.3 Å². The van der Waals surface area contributed by atoms with E-state index in [-0.39, 0.29) is 11.7 Å². The number of nitrogens with zero attached hydrogens (tertiary/aromatic N) is 3. The number of thiophene rings is 1. The third-order valence-corrected chi connectivity index (χ3v) is 5.62. The molecule has 0 saturated heterocycles. The Labute approximate surface area is 171 Å². The minimum absolute atomic E-state index is 0.167. The maximum absolute atomic E-state index is 12.4. The van der Waals surface area contributed by atoms with Gasteiger partial charge in [0.1, 0.15) is 11.5 Å². The highest BCUT2D eigenvalue weighted by Gasteiger charge is 2.16. The van der Waals surface area contributed by atoms with Crippen LogP contribution in [-0.4, -0.2) is 40.6 Å². The molecule has 0 radical (unpaired) electrons. The molecule has 7 nitrogen and oxygen atoms in total. The molecule has 0 aliphatic carbocycles. The third kappa shape index (κ3) is 4.55. The van der Waals surface area contributed by atoms with Crippen LogP contribution in [0.1, 0.15) is 0 Å². The van der Waals surface area contributed by atoms with Crippen molar-refractivity contribution in [2.24, 2.45) is 0 Å². The van der Waals surface area contributed by atoms with Crippen molar-refractivity contribution in [2.45, 2.75) is 11.7 Å². The van der Waals surface area contributed by atoms with Crippen LogP contribution in [0.25, 0.3) is 10.7 Å². The van der Waals surface area contributed by atoms with Crippen molar-refractivity contribution in [1.82, 2.24) is 14.8 Å². The van der Waals surface area contributed by atoms with Crippen LogP contribution < -0.4 is 14.8 Å². The van der Waals surface area contributed by atoms with Crippen LogP contribution in [-0.2, 0) is 11.3 Å². The molecule has 0 aliphatic heterocycles. The second kappa shape index (κ2) is 9.43. The third-order valence-electron chi connectivity index (χ3n) is 3.79. The summed E-state index contributed by atoms with van der Waals surface area (Å²) in [7, 11) is 3.12. The molecule has 3 rings (SSSR count). The van der Waals surface area contributed by atoms with Gasteiger partial charge in [0.2, 0.25) is 5.91 Å². The highest BCUT2D eigenvalue weighted by molar-refractivity contribution is 7.99. The van der Waals surface area contributed by atoms with E-state index in [4.69, 9.17) is 9.47 Å². The van der Waals surface area contributed by atoms with Gasteiger partial charge in [0.05, 0.1) is 30.5 Å². The second-order valence-corrected chi connectivity index (χ2v) is 7.48. The summed E-state index contributed by atoms with van der Waals surface area (Å²) in [6, 6.07) is 9.19. The highest BCUT2D eigenvalue weighted by atomic mass is 32.2. The van der Waals surface area contributed by atoms with Crippen molar-refractivity contribution >= 4 is 34.7 Å². The molecule has 146 valence electrons. The van der Waals surface area contributed by atoms with E-state index >= 15 is 0 Å². The fourth-order valence-electron chi connectivity index (χ4n) is 2.50. The molecule has 2 heterocycles. The zero-order valence-electron chi connectivity index (χ0n) is 15.5. The molecule has 28 heavy (non-hydrogen) atoms. The normalized spacial score (nSPS) is 10.5. The molecule has 0 bridgehead atoms. The number of ether oxygens (including phenoxy) is 2. The number of carbonyl (C=O) groups excluding carboxylic acids is 1. The average Bonchev–Trinajstić information content (AvgIpc) is 3.37. The fourth-order valence-corrected chi connectivity index (χ4v) is 3.96. The Morgan fingerprint density at radius 3 is 2.86 bits per heavy atom. The van der Waals surface area contributed by atoms with Gasteiger partial charge in [0.15, 0.2) is 11.0 Å². The first-order valence-electron chi connectivity index (χ1n) is 8.39. The maximum atomic E-state index is 12.4. The summed E-state index contributed by atoms with van der Waals surface area (Å²) < 4.78 is 12.4. The Hall–Kier alpha value is -2.78. The van der Waals surface area contributed by atoms with E-state index in [1.165, 1.54) is 11.8 Å². The molecular formula is C19H20N4O3S2. The van der Waals surface area contributed by atoms with Gasteiger partial charge in [-0.05, 0) is 23.6 Å². The van der Waals surface area contributed by atoms with Crippen LogP contribution >= 0.6 is 23.1 Å². The van der Waals surface area contributed by atoms with E-state index in [2.05, 4.69) is 22.1 Å². The minimum Gasteiger partial charge on any atom is -0.497 e. The summed E-state index contributed by atoms with van der Waals surface area (Å²) in [6.07, 6.45) is 1.78. The molecule has 0 fully saturated rings. The monoisotopic (exact) mass is 416 g/mol. The van der Waals surface area contributed by atoms with Gasteiger partial charge in [-0.2, -0.15) is 0 Å². The van der Waals surface area contributed by atoms with Crippen LogP contribution in [0.2, 0.25) is 0 Å². The first kappa shape index (κ1) is 20.0. The van der Waals surface area contributed by atoms with Gasteiger partial charge in [0.25, 0.3) is 0 Å². The lowest BCUT2D eigenvalue weighted by atomic mass is 10.2. The first-order valence-corrected chi connectivity index (χ1v) is 10.3. The summed E-state index contributed by atoms with van der Waals surface area (Å²) in [5.74, 6) is 1.99. The molecule has 0 unspecified atom stereocenters. The number of carbonyl (C=O) groups is 1. The molecule has 9 heteroatoms. The Kier molecular flexibility index (Phi) is 6.72. The smallest absolute Gasteiger partial charge is 0.234 e. The lowest BCUT2D eigenvalue weighted by Crippen LogP contribution is -2.15. The quantitative estimate of drug-likeness (QED) is 0.420. The van der Waals surface area contributed by atoms with Crippen LogP contribution in [0, 0.1) is 0 Å². The Morgan fingerprint density at radius 1 is 1.32 bits per heavy atom. The molecule has 2 aromatic heterocycles. The first-order chi connectivity index (χ1) is 13.7. The summed E-state index contributed by atoms with van der Waals surface area (Å²) in [6.45, 7) is 4.36. The van der Waals surface area contributed by atoms with E-state index in [1.807, 2.05) is 22.1 Å². The zero-order chi connectivity index (χ0) is 19.9. The van der Waals surface area contributed by atoms with Crippen LogP contribution in [0.5, 0.6) is 11.5 Å². The number of allylic oxidation sites excluding steroid dienone is 1. The van der Waals surface area contributed by atoms with E-state index in [9.17, 15) is 4.79 Å². The van der Waals surface area contributed by atoms with Gasteiger partial charge in [-0.3, -0.25) is 9.36 Å². The number of nitrogens with one attached hydrogen (secondary N) is 1. The molecule has 1 N–H and O–H groups in total. The number of benzene rings is 1. The number of hydrogen-bond acceptors (Lipinski definition) is 7. The van der Waals surface area contributed by atoms with Gasteiger partial charge < -0.3 is 14.8 Å². The lowest BCUT2D eigenvalue weighted by Gasteiger charge is -2.11. The van der Waals surface area contributed by atoms with Gasteiger partial charge in [0, 0.05) is 12.6 Å². The van der Waals surface area contributed by atoms with Gasteiger partial charge in [-0.15, -0.1) is 28.1 Å². The number of aromatic nitrogens is 3. The number of hydrogen-bond donors (Lipinski definition) is 1. The molecule has 0 atom stereocenters. The second-order valence-electron chi connectivity index (χ2n) is 5.59. The summed E-state index contributed by atoms with van der Waals surface area (Å²) >= 11 is 2.91. The Morgan fingerprint density at radius 2 is 2.18 bits per heavy atom. The SMILES string of the molecule is C=CCn1c(SCC(=O)Nc2ccc(OC)cc2OC)nnc1-c1cccs1. The minimum atomic E-state index is -0.167. The number of anilines is 1. The van der Waals surface area contributed by atoms with Crippen molar-refractivity contribution in [3.05, 3.63) is 48.4 Å². The van der Waals surface area contributed by atoms with E-state index < -0.39 is 0 Å². The van der Waals surface area contributed by atoms with E-state index in [0.717, 1.165) is 10.7 Å². The van der Waals surface area contributed by atoms with Crippen molar-refractivity contribution in [3.63, 3.8) is 0 Å². The fraction of sp³-hybridized carbons (Fsp3) is 0.211. The summed E-state index contributed by atoms with van der Waals surface area (Å²) in [5.41, 5.74) is 0.584. The van der Waals surface area contributed by atoms with Crippen molar-refractivity contribution < 1.29 is 14.3 Å².